The zero-order valence-electron chi connectivity index (χ0n) is 18.8. The van der Waals surface area contributed by atoms with E-state index in [0.717, 1.165) is 12.8 Å². The predicted octanol–water partition coefficient (Wildman–Crippen LogP) is 3.10. The third-order valence-electron chi connectivity index (χ3n) is 4.67. The Balaban J connectivity index is 0. The Morgan fingerprint density at radius 2 is 1.13 bits per heavy atom. The highest BCUT2D eigenvalue weighted by Crippen LogP contribution is 2.13. The van der Waals surface area contributed by atoms with E-state index in [1.54, 1.807) is 0 Å². The molecule has 0 spiro atoms. The lowest BCUT2D eigenvalue weighted by atomic mass is 10.0. The number of hydrogen-bond donors (Lipinski definition) is 6. The number of carboxylic acid groups (broad SMARTS) is 1. The van der Waals surface area contributed by atoms with E-state index < -0.39 is 34.3 Å². The van der Waals surface area contributed by atoms with Crippen LogP contribution in [0.2, 0.25) is 0 Å². The van der Waals surface area contributed by atoms with Gasteiger partial charge in [-0.25, -0.2) is 0 Å². The topological polar surface area (TPSA) is 148 Å². The minimum absolute atomic E-state index is 0.345. The number of aliphatic hydroxyl groups is 2. The number of carbonyl (C=O) groups is 1. The highest BCUT2D eigenvalue weighted by Gasteiger charge is 2.31. The van der Waals surface area contributed by atoms with Crippen LogP contribution in [0.1, 0.15) is 110 Å². The smallest absolute Gasteiger partial charge is 0.481 e. The van der Waals surface area contributed by atoms with Crippen molar-refractivity contribution in [1.82, 2.24) is 0 Å². The normalized spacial score (nSPS) is 12.3. The molecule has 0 saturated carbocycles. The number of aliphatic hydroxyl groups excluding tert-OH is 2. The van der Waals surface area contributed by atoms with E-state index in [-0.39, 0.29) is 0 Å². The molecule has 0 rings (SSSR count). The number of carboxylic acids is 1. The van der Waals surface area contributed by atoms with Crippen LogP contribution < -0.4 is 0 Å². The van der Waals surface area contributed by atoms with Crippen molar-refractivity contribution in [3.63, 3.8) is 0 Å². The van der Waals surface area contributed by atoms with Gasteiger partial charge in [0.25, 0.3) is 0 Å². The summed E-state index contributed by atoms with van der Waals surface area (Å²) >= 11 is 0. The standard InChI is InChI=1S/C18H36O2.C3H10O6Si/c1-2-3-4-5-6-7-8-9-10-11-12-13-14-15-16-17-18(19)20;4-1-3(5)2-9-10(6,7)8/h2-17H2,1H3,(H,19,20);3-8H,1-2H2. The molecule has 0 aromatic rings. The first kappa shape index (κ1) is 31.6. The average Bonchev–Trinajstić information content (AvgIpc) is 2.68. The van der Waals surface area contributed by atoms with Crippen LogP contribution in [-0.2, 0) is 9.22 Å². The average molecular weight is 455 g/mol. The van der Waals surface area contributed by atoms with Gasteiger partial charge < -0.3 is 34.1 Å². The number of aliphatic carboxylic acids is 1. The van der Waals surface area contributed by atoms with Crippen molar-refractivity contribution in [3.8, 4) is 0 Å². The minimum Gasteiger partial charge on any atom is -0.481 e. The maximum absolute atomic E-state index is 10.3. The largest absolute Gasteiger partial charge is 0.671 e. The third-order valence-corrected chi connectivity index (χ3v) is 5.23. The summed E-state index contributed by atoms with van der Waals surface area (Å²) in [6, 6.07) is 0. The summed E-state index contributed by atoms with van der Waals surface area (Å²) in [5.74, 6) is -0.653. The van der Waals surface area contributed by atoms with Crippen molar-refractivity contribution >= 4 is 15.0 Å². The van der Waals surface area contributed by atoms with Gasteiger partial charge in [-0.1, -0.05) is 96.8 Å². The first-order valence-corrected chi connectivity index (χ1v) is 13.3. The van der Waals surface area contributed by atoms with Gasteiger partial charge in [0.15, 0.2) is 0 Å². The lowest BCUT2D eigenvalue weighted by Gasteiger charge is -2.11. The van der Waals surface area contributed by atoms with Gasteiger partial charge in [0.1, 0.15) is 0 Å². The van der Waals surface area contributed by atoms with Gasteiger partial charge in [0.05, 0.1) is 19.3 Å². The van der Waals surface area contributed by atoms with E-state index in [4.69, 9.17) is 29.7 Å². The maximum Gasteiger partial charge on any atom is 0.671 e. The molecule has 0 bridgehead atoms. The molecule has 1 atom stereocenters. The molecule has 0 aliphatic heterocycles. The van der Waals surface area contributed by atoms with Gasteiger partial charge in [-0.3, -0.25) is 4.79 Å². The summed E-state index contributed by atoms with van der Waals surface area (Å²) in [5, 5.41) is 25.2. The Labute approximate surface area is 183 Å². The fourth-order valence-corrected chi connectivity index (χ4v) is 3.32. The molecule has 8 nitrogen and oxygen atoms in total. The van der Waals surface area contributed by atoms with E-state index in [1.165, 1.54) is 83.5 Å². The Morgan fingerprint density at radius 3 is 1.43 bits per heavy atom. The second kappa shape index (κ2) is 23.1. The van der Waals surface area contributed by atoms with Gasteiger partial charge in [-0.15, -0.1) is 0 Å². The Hall–Kier alpha value is -0.553. The molecule has 0 amide bonds. The van der Waals surface area contributed by atoms with Crippen molar-refractivity contribution < 1.29 is 38.9 Å². The fraction of sp³-hybridized carbons (Fsp3) is 0.952. The van der Waals surface area contributed by atoms with Gasteiger partial charge in [0.2, 0.25) is 0 Å². The summed E-state index contributed by atoms with van der Waals surface area (Å²) in [6.45, 7) is 1.23. The fourth-order valence-electron chi connectivity index (χ4n) is 2.91. The van der Waals surface area contributed by atoms with E-state index >= 15 is 0 Å². The van der Waals surface area contributed by atoms with Crippen molar-refractivity contribution in [3.05, 3.63) is 0 Å². The van der Waals surface area contributed by atoms with Crippen LogP contribution in [-0.4, -0.2) is 64.0 Å². The number of unbranched alkanes of at least 4 members (excludes halogenated alkanes) is 14. The number of rotatable bonds is 20. The first-order chi connectivity index (χ1) is 14.2. The molecule has 0 fully saturated rings. The van der Waals surface area contributed by atoms with Gasteiger partial charge in [0, 0.05) is 6.42 Å². The Kier molecular flexibility index (Phi) is 24.4. The summed E-state index contributed by atoms with van der Waals surface area (Å²) < 4.78 is 3.98. The summed E-state index contributed by atoms with van der Waals surface area (Å²) in [5.41, 5.74) is 0. The highest BCUT2D eigenvalue weighted by atomic mass is 28.4. The molecule has 30 heavy (non-hydrogen) atoms. The molecule has 0 radical (unpaired) electrons. The van der Waals surface area contributed by atoms with E-state index in [9.17, 15) is 4.79 Å². The molecule has 0 aliphatic rings. The second-order valence-electron chi connectivity index (χ2n) is 7.81. The molecular formula is C21H46O8Si. The van der Waals surface area contributed by atoms with Crippen molar-refractivity contribution in [2.24, 2.45) is 0 Å². The van der Waals surface area contributed by atoms with E-state index in [2.05, 4.69) is 11.3 Å². The van der Waals surface area contributed by atoms with Crippen LogP contribution in [0.25, 0.3) is 0 Å². The molecule has 6 N–H and O–H groups in total. The molecule has 0 aromatic heterocycles. The van der Waals surface area contributed by atoms with Crippen molar-refractivity contribution in [1.29, 1.82) is 0 Å². The lowest BCUT2D eigenvalue weighted by molar-refractivity contribution is -0.137. The van der Waals surface area contributed by atoms with Gasteiger partial charge in [-0.05, 0) is 6.42 Å². The quantitative estimate of drug-likeness (QED) is 0.121. The molecular weight excluding hydrogens is 408 g/mol. The lowest BCUT2D eigenvalue weighted by Crippen LogP contribution is -2.41. The van der Waals surface area contributed by atoms with Gasteiger partial charge in [-0.2, -0.15) is 0 Å². The molecule has 9 heteroatoms. The molecule has 0 saturated heterocycles. The van der Waals surface area contributed by atoms with E-state index in [0.29, 0.717) is 6.42 Å². The van der Waals surface area contributed by atoms with Crippen LogP contribution in [0, 0.1) is 0 Å². The third kappa shape index (κ3) is 32.1. The first-order valence-electron chi connectivity index (χ1n) is 11.5. The summed E-state index contributed by atoms with van der Waals surface area (Å²) in [6.07, 6.45) is 19.0. The molecule has 0 aliphatic carbocycles. The second-order valence-corrected chi connectivity index (χ2v) is 9.25. The van der Waals surface area contributed by atoms with Crippen molar-refractivity contribution in [2.75, 3.05) is 13.2 Å². The van der Waals surface area contributed by atoms with Crippen LogP contribution in [0.3, 0.4) is 0 Å². The molecule has 182 valence electrons. The predicted molar refractivity (Wildman–Crippen MR) is 119 cm³/mol. The minimum atomic E-state index is -4.51. The SMILES string of the molecule is CCCCCCCCCCCCCCCCCC(=O)O.OCC(O)CO[Si](O)(O)O. The Morgan fingerprint density at radius 1 is 0.767 bits per heavy atom. The van der Waals surface area contributed by atoms with Crippen LogP contribution >= 0.6 is 0 Å². The highest BCUT2D eigenvalue weighted by molar-refractivity contribution is 6.48. The van der Waals surface area contributed by atoms with E-state index in [1.807, 2.05) is 0 Å². The van der Waals surface area contributed by atoms with Crippen molar-refractivity contribution in [2.45, 2.75) is 116 Å². The van der Waals surface area contributed by atoms with Gasteiger partial charge >= 0.3 is 15.0 Å². The maximum atomic E-state index is 10.3. The number of hydrogen-bond acceptors (Lipinski definition) is 7. The molecule has 0 heterocycles. The monoisotopic (exact) mass is 454 g/mol. The Bertz CT molecular complexity index is 363. The summed E-state index contributed by atoms with van der Waals surface area (Å²) in [7, 11) is -4.51. The van der Waals surface area contributed by atoms with Crippen LogP contribution in [0.15, 0.2) is 0 Å². The summed E-state index contributed by atoms with van der Waals surface area (Å²) in [4.78, 5) is 34.9. The van der Waals surface area contributed by atoms with Crippen LogP contribution in [0.4, 0.5) is 0 Å². The molecule has 1 unspecified atom stereocenters. The molecule has 0 aromatic carbocycles. The zero-order valence-corrected chi connectivity index (χ0v) is 19.8. The van der Waals surface area contributed by atoms with Crippen LogP contribution in [0.5, 0.6) is 0 Å². The zero-order chi connectivity index (χ0) is 23.1.